The van der Waals surface area contributed by atoms with Crippen LogP contribution in [0.25, 0.3) is 0 Å². The zero-order valence-electron chi connectivity index (χ0n) is 10.1. The number of nitrogens with one attached hydrogen (secondary N) is 1. The number of anilines is 2. The number of pyridine rings is 1. The molecule has 0 aliphatic rings. The van der Waals surface area contributed by atoms with Crippen molar-refractivity contribution < 1.29 is 9.53 Å². The van der Waals surface area contributed by atoms with E-state index in [-0.39, 0.29) is 12.5 Å². The Hall–Kier alpha value is -1.62. The predicted molar refractivity (Wildman–Crippen MR) is 67.6 cm³/mol. The van der Waals surface area contributed by atoms with Gasteiger partial charge in [-0.15, -0.1) is 0 Å². The highest BCUT2D eigenvalue weighted by atomic mass is 16.5. The minimum Gasteiger partial charge on any atom is -0.384 e. The predicted octanol–water partition coefficient (Wildman–Crippen LogP) is 1.81. The molecule has 1 aromatic heterocycles. The van der Waals surface area contributed by atoms with Crippen molar-refractivity contribution in [2.24, 2.45) is 0 Å². The summed E-state index contributed by atoms with van der Waals surface area (Å²) in [7, 11) is 0. The van der Waals surface area contributed by atoms with Gasteiger partial charge in [0.15, 0.2) is 0 Å². The number of ether oxygens (including phenoxy) is 1. The Morgan fingerprint density at radius 1 is 1.47 bits per heavy atom. The monoisotopic (exact) mass is 237 g/mol. The fraction of sp³-hybridized carbons (Fsp3) is 0.500. The molecular formula is C12H19N3O2. The van der Waals surface area contributed by atoms with Crippen LogP contribution >= 0.6 is 0 Å². The smallest absolute Gasteiger partial charge is 0.250 e. The third-order valence-corrected chi connectivity index (χ3v) is 2.20. The van der Waals surface area contributed by atoms with Crippen molar-refractivity contribution in [3.8, 4) is 0 Å². The van der Waals surface area contributed by atoms with E-state index in [9.17, 15) is 4.79 Å². The molecule has 0 aliphatic carbocycles. The molecule has 5 heteroatoms. The van der Waals surface area contributed by atoms with Crippen molar-refractivity contribution >= 4 is 17.4 Å². The van der Waals surface area contributed by atoms with Gasteiger partial charge in [0.25, 0.3) is 0 Å². The zero-order chi connectivity index (χ0) is 12.5. The average molecular weight is 237 g/mol. The van der Waals surface area contributed by atoms with Crippen LogP contribution in [-0.2, 0) is 9.53 Å². The number of nitrogens with zero attached hydrogens (tertiary/aromatic N) is 1. The number of hydrogen-bond donors (Lipinski definition) is 2. The Balaban J connectivity index is 2.18. The van der Waals surface area contributed by atoms with E-state index in [1.165, 1.54) is 6.20 Å². The van der Waals surface area contributed by atoms with Crippen molar-refractivity contribution in [3.63, 3.8) is 0 Å². The van der Waals surface area contributed by atoms with Gasteiger partial charge in [0.05, 0.1) is 11.9 Å². The summed E-state index contributed by atoms with van der Waals surface area (Å²) in [6, 6.07) is 3.34. The van der Waals surface area contributed by atoms with Gasteiger partial charge in [0.1, 0.15) is 12.4 Å². The third-order valence-electron chi connectivity index (χ3n) is 2.20. The van der Waals surface area contributed by atoms with Crippen LogP contribution in [0.1, 0.15) is 26.2 Å². The van der Waals surface area contributed by atoms with Gasteiger partial charge in [-0.1, -0.05) is 19.8 Å². The van der Waals surface area contributed by atoms with Gasteiger partial charge in [-0.2, -0.15) is 0 Å². The molecule has 0 saturated heterocycles. The highest BCUT2D eigenvalue weighted by Crippen LogP contribution is 2.06. The number of unbranched alkanes of at least 4 members (excludes halogenated alkanes) is 2. The maximum atomic E-state index is 11.4. The lowest BCUT2D eigenvalue weighted by molar-refractivity contribution is -0.120. The van der Waals surface area contributed by atoms with E-state index < -0.39 is 0 Å². The van der Waals surface area contributed by atoms with Gasteiger partial charge >= 0.3 is 0 Å². The summed E-state index contributed by atoms with van der Waals surface area (Å²) in [6.45, 7) is 2.83. The second kappa shape index (κ2) is 7.62. The van der Waals surface area contributed by atoms with Gasteiger partial charge in [0, 0.05) is 6.61 Å². The maximum absolute atomic E-state index is 11.4. The van der Waals surface area contributed by atoms with Crippen LogP contribution in [0.2, 0.25) is 0 Å². The Morgan fingerprint density at radius 2 is 2.29 bits per heavy atom. The van der Waals surface area contributed by atoms with E-state index in [0.717, 1.165) is 19.3 Å². The first kappa shape index (κ1) is 13.4. The summed E-state index contributed by atoms with van der Waals surface area (Å²) >= 11 is 0. The quantitative estimate of drug-likeness (QED) is 0.709. The zero-order valence-corrected chi connectivity index (χ0v) is 10.1. The summed E-state index contributed by atoms with van der Waals surface area (Å²) in [5.41, 5.74) is 6.06. The van der Waals surface area contributed by atoms with Crippen LogP contribution in [0.3, 0.4) is 0 Å². The minimum absolute atomic E-state index is 0.0775. The van der Waals surface area contributed by atoms with Crippen molar-refractivity contribution in [3.05, 3.63) is 18.3 Å². The average Bonchev–Trinajstić information content (AvgIpc) is 2.32. The standard InChI is InChI=1S/C12H19N3O2/c1-2-3-4-7-17-9-12(16)15-10-5-6-11(13)14-8-10/h5-6,8H,2-4,7,9H2,1H3,(H2,13,14)(H,15,16). The van der Waals surface area contributed by atoms with E-state index >= 15 is 0 Å². The van der Waals surface area contributed by atoms with Gasteiger partial charge in [0.2, 0.25) is 5.91 Å². The molecule has 0 unspecified atom stereocenters. The van der Waals surface area contributed by atoms with Crippen LogP contribution in [0.5, 0.6) is 0 Å². The Morgan fingerprint density at radius 3 is 2.94 bits per heavy atom. The highest BCUT2D eigenvalue weighted by molar-refractivity contribution is 5.91. The molecule has 1 heterocycles. The molecule has 5 nitrogen and oxygen atoms in total. The van der Waals surface area contributed by atoms with E-state index in [4.69, 9.17) is 10.5 Å². The minimum atomic E-state index is -0.173. The Kier molecular flexibility index (Phi) is 6.03. The number of hydrogen-bond acceptors (Lipinski definition) is 4. The summed E-state index contributed by atoms with van der Waals surface area (Å²) in [4.78, 5) is 15.3. The van der Waals surface area contributed by atoms with Crippen LogP contribution in [0, 0.1) is 0 Å². The van der Waals surface area contributed by atoms with Crippen molar-refractivity contribution in [2.75, 3.05) is 24.3 Å². The van der Waals surface area contributed by atoms with Crippen LogP contribution in [0.15, 0.2) is 18.3 Å². The van der Waals surface area contributed by atoms with Crippen molar-refractivity contribution in [1.29, 1.82) is 0 Å². The fourth-order valence-corrected chi connectivity index (χ4v) is 1.30. The highest BCUT2D eigenvalue weighted by Gasteiger charge is 2.02. The number of carbonyl (C=O) groups excluding carboxylic acids is 1. The van der Waals surface area contributed by atoms with Crippen LogP contribution < -0.4 is 11.1 Å². The Bertz CT molecular complexity index is 338. The summed E-state index contributed by atoms with van der Waals surface area (Å²) in [5, 5.41) is 2.68. The van der Waals surface area contributed by atoms with Crippen LogP contribution in [0.4, 0.5) is 11.5 Å². The second-order valence-electron chi connectivity index (χ2n) is 3.78. The number of amides is 1. The Labute approximate surface area is 101 Å². The lowest BCUT2D eigenvalue weighted by atomic mass is 10.3. The molecule has 0 atom stereocenters. The number of aromatic nitrogens is 1. The normalized spacial score (nSPS) is 10.2. The molecule has 1 amide bonds. The van der Waals surface area contributed by atoms with Gasteiger partial charge in [-0.25, -0.2) is 4.98 Å². The molecule has 17 heavy (non-hydrogen) atoms. The molecule has 0 fully saturated rings. The van der Waals surface area contributed by atoms with E-state index in [1.807, 2.05) is 0 Å². The van der Waals surface area contributed by atoms with E-state index in [1.54, 1.807) is 12.1 Å². The number of carbonyl (C=O) groups is 1. The van der Waals surface area contributed by atoms with Gasteiger partial charge in [-0.3, -0.25) is 4.79 Å². The molecule has 3 N–H and O–H groups in total. The number of rotatable bonds is 7. The molecular weight excluding hydrogens is 218 g/mol. The molecule has 0 saturated carbocycles. The summed E-state index contributed by atoms with van der Waals surface area (Å²) in [5.74, 6) is 0.256. The summed E-state index contributed by atoms with van der Waals surface area (Å²) in [6.07, 6.45) is 4.79. The first-order valence-electron chi connectivity index (χ1n) is 5.81. The van der Waals surface area contributed by atoms with Gasteiger partial charge in [-0.05, 0) is 18.6 Å². The molecule has 0 aliphatic heterocycles. The molecule has 1 rings (SSSR count). The number of nitrogens with two attached hydrogens (primary N) is 1. The molecule has 0 radical (unpaired) electrons. The molecule has 0 spiro atoms. The molecule has 0 bridgehead atoms. The van der Waals surface area contributed by atoms with Crippen molar-refractivity contribution in [2.45, 2.75) is 26.2 Å². The first-order chi connectivity index (χ1) is 8.22. The molecule has 0 aromatic carbocycles. The maximum Gasteiger partial charge on any atom is 0.250 e. The lowest BCUT2D eigenvalue weighted by Gasteiger charge is -2.05. The largest absolute Gasteiger partial charge is 0.384 e. The first-order valence-corrected chi connectivity index (χ1v) is 5.81. The second-order valence-corrected chi connectivity index (χ2v) is 3.78. The van der Waals surface area contributed by atoms with Crippen molar-refractivity contribution in [1.82, 2.24) is 4.98 Å². The molecule has 1 aromatic rings. The van der Waals surface area contributed by atoms with Gasteiger partial charge < -0.3 is 15.8 Å². The van der Waals surface area contributed by atoms with E-state index in [2.05, 4.69) is 17.2 Å². The third kappa shape index (κ3) is 5.87. The SMILES string of the molecule is CCCCCOCC(=O)Nc1ccc(N)nc1. The van der Waals surface area contributed by atoms with E-state index in [0.29, 0.717) is 18.1 Å². The topological polar surface area (TPSA) is 77.2 Å². The lowest BCUT2D eigenvalue weighted by Crippen LogP contribution is -2.18. The van der Waals surface area contributed by atoms with Crippen LogP contribution in [-0.4, -0.2) is 24.1 Å². The summed E-state index contributed by atoms with van der Waals surface area (Å²) < 4.78 is 5.24. The fourth-order valence-electron chi connectivity index (χ4n) is 1.30. The number of nitrogen functional groups attached to an aromatic ring is 1. The molecule has 94 valence electrons.